The zero-order chi connectivity index (χ0) is 25.4. The molecule has 0 bridgehead atoms. The Kier molecular flexibility index (Phi) is 9.48. The fraction of sp³-hybridized carbons (Fsp3) is 0.423. The molecule has 35 heavy (non-hydrogen) atoms. The molecule has 0 radical (unpaired) electrons. The zero-order valence-electron chi connectivity index (χ0n) is 20.0. The van der Waals surface area contributed by atoms with Gasteiger partial charge in [-0.2, -0.15) is 0 Å². The van der Waals surface area contributed by atoms with Crippen molar-refractivity contribution >= 4 is 29.3 Å². The maximum absolute atomic E-state index is 13.2. The van der Waals surface area contributed by atoms with Crippen molar-refractivity contribution in [3.05, 3.63) is 64.4 Å². The van der Waals surface area contributed by atoms with Gasteiger partial charge in [0.05, 0.1) is 24.6 Å². The number of nitrogens with zero attached hydrogens (tertiary/aromatic N) is 1. The Bertz CT molecular complexity index is 1050. The molecule has 0 aliphatic carbocycles. The normalized spacial score (nSPS) is 18.0. The quantitative estimate of drug-likeness (QED) is 0.670. The Balaban J connectivity index is 1.76. The summed E-state index contributed by atoms with van der Waals surface area (Å²) in [5, 5.41) is 6.25. The molecule has 2 N–H and O–H groups in total. The van der Waals surface area contributed by atoms with Crippen molar-refractivity contribution < 1.29 is 23.5 Å². The number of rotatable bonds is 3. The van der Waals surface area contributed by atoms with E-state index in [0.29, 0.717) is 47.8 Å². The van der Waals surface area contributed by atoms with E-state index in [-0.39, 0.29) is 55.1 Å². The molecule has 7 nitrogen and oxygen atoms in total. The summed E-state index contributed by atoms with van der Waals surface area (Å²) < 4.78 is 19.1. The van der Waals surface area contributed by atoms with E-state index in [1.54, 1.807) is 30.3 Å². The van der Waals surface area contributed by atoms with Crippen molar-refractivity contribution in [3.8, 4) is 5.75 Å². The predicted molar refractivity (Wildman–Crippen MR) is 132 cm³/mol. The first-order valence-electron chi connectivity index (χ1n) is 11.7. The summed E-state index contributed by atoms with van der Waals surface area (Å²) in [5.41, 5.74) is 1.00. The number of ether oxygens (including phenoxy) is 1. The summed E-state index contributed by atoms with van der Waals surface area (Å²) in [6, 6.07) is 10.3. The second-order valence-corrected chi connectivity index (χ2v) is 9.39. The molecule has 3 amide bonds. The molecule has 3 rings (SSSR count). The number of hydrogen-bond acceptors (Lipinski definition) is 4. The minimum absolute atomic E-state index is 0.0441. The topological polar surface area (TPSA) is 87.7 Å². The van der Waals surface area contributed by atoms with Crippen molar-refractivity contribution in [2.45, 2.75) is 39.2 Å². The smallest absolute Gasteiger partial charge is 0.255 e. The summed E-state index contributed by atoms with van der Waals surface area (Å²) in [7, 11) is 0. The summed E-state index contributed by atoms with van der Waals surface area (Å²) in [5.74, 6) is -0.755. The number of benzene rings is 2. The van der Waals surface area contributed by atoms with Crippen molar-refractivity contribution in [3.63, 3.8) is 0 Å². The maximum atomic E-state index is 13.2. The average molecular weight is 504 g/mol. The van der Waals surface area contributed by atoms with Crippen LogP contribution in [0.1, 0.15) is 42.6 Å². The van der Waals surface area contributed by atoms with Gasteiger partial charge in [-0.05, 0) is 54.7 Å². The summed E-state index contributed by atoms with van der Waals surface area (Å²) >= 11 is 6.10. The Hall–Kier alpha value is -3.13. The van der Waals surface area contributed by atoms with Crippen LogP contribution in [-0.4, -0.2) is 54.9 Å². The van der Waals surface area contributed by atoms with Crippen LogP contribution in [0.25, 0.3) is 0 Å². The van der Waals surface area contributed by atoms with Gasteiger partial charge in [-0.25, -0.2) is 4.39 Å². The number of halogens is 2. The zero-order valence-corrected chi connectivity index (χ0v) is 20.7. The molecule has 0 saturated heterocycles. The van der Waals surface area contributed by atoms with Gasteiger partial charge in [-0.3, -0.25) is 14.4 Å². The third kappa shape index (κ3) is 7.96. The second kappa shape index (κ2) is 12.5. The Morgan fingerprint density at radius 3 is 2.63 bits per heavy atom. The number of nitrogens with one attached hydrogen (secondary N) is 2. The lowest BCUT2D eigenvalue weighted by molar-refractivity contribution is -0.136. The highest BCUT2D eigenvalue weighted by Gasteiger charge is 2.23. The lowest BCUT2D eigenvalue weighted by Gasteiger charge is -2.26. The maximum Gasteiger partial charge on any atom is 0.255 e. The van der Waals surface area contributed by atoms with Crippen LogP contribution in [0.15, 0.2) is 42.5 Å². The highest BCUT2D eigenvalue weighted by Crippen LogP contribution is 2.24. The lowest BCUT2D eigenvalue weighted by Crippen LogP contribution is -2.48. The van der Waals surface area contributed by atoms with E-state index in [0.717, 1.165) is 0 Å². The van der Waals surface area contributed by atoms with Gasteiger partial charge < -0.3 is 20.3 Å². The molecule has 1 atom stereocenters. The van der Waals surface area contributed by atoms with E-state index < -0.39 is 0 Å². The number of fused-ring (bicyclic) bond motifs is 1. The van der Waals surface area contributed by atoms with Crippen LogP contribution in [0, 0.1) is 11.7 Å². The molecular weight excluding hydrogens is 473 g/mol. The standard InChI is InChI=1S/C26H31ClFN3O4/c1-17(2)22-16-35-23-10-7-19(27)14-21(23)26(34)29-11-3-4-12-31(15-24(32)30-22)25(33)13-18-5-8-20(28)9-6-18/h5-10,14,17,22H,3-4,11-13,15-16H2,1-2H3,(H,29,34)(H,30,32)/t22-/m0/s1. The van der Waals surface area contributed by atoms with Gasteiger partial charge in [0.2, 0.25) is 11.8 Å². The molecule has 2 aromatic rings. The number of carbonyl (C=O) groups is 3. The van der Waals surface area contributed by atoms with Crippen LogP contribution in [0.5, 0.6) is 5.75 Å². The van der Waals surface area contributed by atoms with E-state index in [1.807, 2.05) is 13.8 Å². The third-order valence-electron chi connectivity index (χ3n) is 5.85. The fourth-order valence-electron chi connectivity index (χ4n) is 3.72. The molecule has 0 aromatic heterocycles. The number of carbonyl (C=O) groups excluding carboxylic acids is 3. The predicted octanol–water partition coefficient (Wildman–Crippen LogP) is 3.59. The van der Waals surface area contributed by atoms with Crippen LogP contribution in [0.2, 0.25) is 5.02 Å². The molecule has 1 aliphatic rings. The molecule has 1 aliphatic heterocycles. The minimum atomic E-state index is -0.372. The van der Waals surface area contributed by atoms with E-state index in [4.69, 9.17) is 16.3 Å². The molecule has 0 saturated carbocycles. The van der Waals surface area contributed by atoms with Crippen molar-refractivity contribution in [2.24, 2.45) is 5.92 Å². The summed E-state index contributed by atoms with van der Waals surface area (Å²) in [4.78, 5) is 40.1. The van der Waals surface area contributed by atoms with Gasteiger partial charge in [-0.1, -0.05) is 37.6 Å². The molecule has 9 heteroatoms. The average Bonchev–Trinajstić information content (AvgIpc) is 2.82. The third-order valence-corrected chi connectivity index (χ3v) is 6.09. The van der Waals surface area contributed by atoms with E-state index >= 15 is 0 Å². The first kappa shape index (κ1) is 26.5. The largest absolute Gasteiger partial charge is 0.491 e. The molecule has 0 spiro atoms. The first-order valence-corrected chi connectivity index (χ1v) is 12.1. The lowest BCUT2D eigenvalue weighted by atomic mass is 10.1. The fourth-order valence-corrected chi connectivity index (χ4v) is 3.89. The Labute approximate surface area is 210 Å². The van der Waals surface area contributed by atoms with E-state index in [2.05, 4.69) is 10.6 Å². The van der Waals surface area contributed by atoms with Crippen molar-refractivity contribution in [1.29, 1.82) is 0 Å². The van der Waals surface area contributed by atoms with Gasteiger partial charge in [-0.15, -0.1) is 0 Å². The van der Waals surface area contributed by atoms with Crippen LogP contribution >= 0.6 is 11.6 Å². The monoisotopic (exact) mass is 503 g/mol. The molecule has 0 unspecified atom stereocenters. The van der Waals surface area contributed by atoms with Crippen LogP contribution in [0.4, 0.5) is 4.39 Å². The molecule has 1 heterocycles. The Morgan fingerprint density at radius 1 is 1.17 bits per heavy atom. The highest BCUT2D eigenvalue weighted by molar-refractivity contribution is 6.31. The molecule has 188 valence electrons. The van der Waals surface area contributed by atoms with Gasteiger partial charge >= 0.3 is 0 Å². The van der Waals surface area contributed by atoms with Crippen LogP contribution < -0.4 is 15.4 Å². The van der Waals surface area contributed by atoms with E-state index in [1.165, 1.54) is 17.0 Å². The molecule has 2 aromatic carbocycles. The molecular formula is C26H31ClFN3O4. The molecule has 0 fully saturated rings. The number of amides is 3. The van der Waals surface area contributed by atoms with E-state index in [9.17, 15) is 18.8 Å². The summed E-state index contributed by atoms with van der Waals surface area (Å²) in [6.45, 7) is 4.71. The van der Waals surface area contributed by atoms with Gasteiger partial charge in [0.1, 0.15) is 18.2 Å². The second-order valence-electron chi connectivity index (χ2n) is 8.95. The van der Waals surface area contributed by atoms with Crippen LogP contribution in [-0.2, 0) is 16.0 Å². The van der Waals surface area contributed by atoms with Crippen molar-refractivity contribution in [1.82, 2.24) is 15.5 Å². The van der Waals surface area contributed by atoms with Gasteiger partial charge in [0.15, 0.2) is 0 Å². The highest BCUT2D eigenvalue weighted by atomic mass is 35.5. The van der Waals surface area contributed by atoms with Gasteiger partial charge in [0.25, 0.3) is 5.91 Å². The van der Waals surface area contributed by atoms with Crippen LogP contribution in [0.3, 0.4) is 0 Å². The SMILES string of the molecule is CC(C)[C@@H]1COc2ccc(Cl)cc2C(=O)NCCCCN(C(=O)Cc2ccc(F)cc2)CC(=O)N1. The minimum Gasteiger partial charge on any atom is -0.491 e. The first-order chi connectivity index (χ1) is 16.7. The van der Waals surface area contributed by atoms with Gasteiger partial charge in [0, 0.05) is 18.1 Å². The summed E-state index contributed by atoms with van der Waals surface area (Å²) in [6.07, 6.45) is 1.27. The Morgan fingerprint density at radius 2 is 1.91 bits per heavy atom. The number of hydrogen-bond donors (Lipinski definition) is 2. The van der Waals surface area contributed by atoms with Crippen molar-refractivity contribution in [2.75, 3.05) is 26.2 Å².